The zero-order valence-corrected chi connectivity index (χ0v) is 16.7. The maximum absolute atomic E-state index is 12.0. The summed E-state index contributed by atoms with van der Waals surface area (Å²) in [4.78, 5) is 12.0. The summed E-state index contributed by atoms with van der Waals surface area (Å²) in [5, 5.41) is 7.54. The van der Waals surface area contributed by atoms with Gasteiger partial charge in [-0.05, 0) is 50.6 Å². The Morgan fingerprint density at radius 3 is 2.42 bits per heavy atom. The summed E-state index contributed by atoms with van der Waals surface area (Å²) in [6, 6.07) is 13.0. The van der Waals surface area contributed by atoms with Crippen LogP contribution in [0.2, 0.25) is 10.0 Å². The van der Waals surface area contributed by atoms with Gasteiger partial charge in [0, 0.05) is 34.2 Å². The van der Waals surface area contributed by atoms with Gasteiger partial charge in [0.2, 0.25) is 0 Å². The topological polar surface area (TPSA) is 50.4 Å². The van der Waals surface area contributed by atoms with Crippen molar-refractivity contribution >= 4 is 29.1 Å². The van der Waals surface area contributed by atoms with Crippen LogP contribution in [0, 0.1) is 0 Å². The Morgan fingerprint density at radius 1 is 1.04 bits per heavy atom. The van der Waals surface area contributed by atoms with Crippen LogP contribution in [-0.2, 0) is 17.9 Å². The smallest absolute Gasteiger partial charge is 0.258 e. The van der Waals surface area contributed by atoms with Gasteiger partial charge in [-0.25, -0.2) is 0 Å². The lowest BCUT2D eigenvalue weighted by molar-refractivity contribution is -0.124. The lowest BCUT2D eigenvalue weighted by atomic mass is 10.1. The van der Waals surface area contributed by atoms with Crippen molar-refractivity contribution in [2.45, 2.75) is 39.4 Å². The van der Waals surface area contributed by atoms with Crippen LogP contribution in [0.15, 0.2) is 42.5 Å². The highest BCUT2D eigenvalue weighted by Gasteiger charge is 2.15. The second-order valence-electron chi connectivity index (χ2n) is 7.03. The van der Waals surface area contributed by atoms with Crippen LogP contribution in [0.1, 0.15) is 31.9 Å². The minimum absolute atomic E-state index is 0.0452. The van der Waals surface area contributed by atoms with Gasteiger partial charge in [0.25, 0.3) is 5.91 Å². The molecule has 2 aromatic rings. The van der Waals surface area contributed by atoms with Gasteiger partial charge in [-0.1, -0.05) is 41.4 Å². The lowest BCUT2D eigenvalue weighted by Crippen LogP contribution is -2.43. The van der Waals surface area contributed by atoms with Gasteiger partial charge in [0.05, 0.1) is 0 Å². The fourth-order valence-corrected chi connectivity index (χ4v) is 2.80. The van der Waals surface area contributed by atoms with Gasteiger partial charge < -0.3 is 15.4 Å². The number of hydrogen-bond acceptors (Lipinski definition) is 3. The minimum Gasteiger partial charge on any atom is -0.483 e. The molecule has 26 heavy (non-hydrogen) atoms. The SMILES string of the molecule is CC(C)(C)NC(=O)COc1ccc(Cl)cc1CNCc1ccccc1Cl. The molecule has 0 heterocycles. The molecular formula is C20H24Cl2N2O2. The largest absolute Gasteiger partial charge is 0.483 e. The second kappa shape index (κ2) is 9.26. The minimum atomic E-state index is -0.292. The van der Waals surface area contributed by atoms with Crippen LogP contribution < -0.4 is 15.4 Å². The van der Waals surface area contributed by atoms with E-state index < -0.39 is 0 Å². The second-order valence-corrected chi connectivity index (χ2v) is 7.88. The average Bonchev–Trinajstić information content (AvgIpc) is 2.54. The summed E-state index contributed by atoms with van der Waals surface area (Å²) < 4.78 is 5.69. The van der Waals surface area contributed by atoms with Crippen molar-refractivity contribution in [1.82, 2.24) is 10.6 Å². The molecule has 0 aliphatic heterocycles. The molecule has 0 saturated heterocycles. The van der Waals surface area contributed by atoms with E-state index in [1.54, 1.807) is 12.1 Å². The molecule has 6 heteroatoms. The van der Waals surface area contributed by atoms with E-state index in [-0.39, 0.29) is 18.1 Å². The Hall–Kier alpha value is -1.75. The molecule has 2 aromatic carbocycles. The third-order valence-electron chi connectivity index (χ3n) is 3.48. The highest BCUT2D eigenvalue weighted by molar-refractivity contribution is 6.31. The maximum atomic E-state index is 12.0. The van der Waals surface area contributed by atoms with Crippen LogP contribution >= 0.6 is 23.2 Å². The zero-order valence-electron chi connectivity index (χ0n) is 15.2. The van der Waals surface area contributed by atoms with Crippen LogP contribution in [-0.4, -0.2) is 18.1 Å². The normalized spacial score (nSPS) is 11.3. The van der Waals surface area contributed by atoms with Gasteiger partial charge in [-0.3, -0.25) is 4.79 Å². The Kier molecular flexibility index (Phi) is 7.33. The standard InChI is InChI=1S/C20H24Cl2N2O2/c1-20(2,3)24-19(25)13-26-18-9-8-16(21)10-15(18)12-23-11-14-6-4-5-7-17(14)22/h4-10,23H,11-13H2,1-3H3,(H,24,25). The van der Waals surface area contributed by atoms with E-state index in [1.807, 2.05) is 51.1 Å². The maximum Gasteiger partial charge on any atom is 0.258 e. The Balaban J connectivity index is 1.96. The summed E-state index contributed by atoms with van der Waals surface area (Å²) in [7, 11) is 0. The summed E-state index contributed by atoms with van der Waals surface area (Å²) in [6.45, 7) is 6.90. The molecular weight excluding hydrogens is 371 g/mol. The molecule has 140 valence electrons. The predicted octanol–water partition coefficient (Wildman–Crippen LogP) is 4.58. The molecule has 0 bridgehead atoms. The molecule has 0 atom stereocenters. The van der Waals surface area contributed by atoms with Crippen molar-refractivity contribution in [3.63, 3.8) is 0 Å². The average molecular weight is 395 g/mol. The number of carbonyl (C=O) groups excluding carboxylic acids is 1. The predicted molar refractivity (Wildman–Crippen MR) is 107 cm³/mol. The first-order chi connectivity index (χ1) is 12.2. The van der Waals surface area contributed by atoms with Crippen LogP contribution in [0.3, 0.4) is 0 Å². The van der Waals surface area contributed by atoms with Gasteiger partial charge >= 0.3 is 0 Å². The highest BCUT2D eigenvalue weighted by atomic mass is 35.5. The Morgan fingerprint density at radius 2 is 1.73 bits per heavy atom. The summed E-state index contributed by atoms with van der Waals surface area (Å²) in [5.74, 6) is 0.465. The molecule has 0 fully saturated rings. The molecule has 4 nitrogen and oxygen atoms in total. The van der Waals surface area contributed by atoms with Gasteiger partial charge in [0.15, 0.2) is 6.61 Å². The van der Waals surface area contributed by atoms with E-state index in [1.165, 1.54) is 0 Å². The molecule has 1 amide bonds. The number of rotatable bonds is 7. The summed E-state index contributed by atoms with van der Waals surface area (Å²) in [6.07, 6.45) is 0. The number of amides is 1. The number of nitrogens with one attached hydrogen (secondary N) is 2. The first-order valence-electron chi connectivity index (χ1n) is 8.41. The van der Waals surface area contributed by atoms with Crippen molar-refractivity contribution < 1.29 is 9.53 Å². The van der Waals surface area contributed by atoms with Crippen LogP contribution in [0.5, 0.6) is 5.75 Å². The fourth-order valence-electron chi connectivity index (χ4n) is 2.40. The molecule has 2 N–H and O–H groups in total. The number of carbonyl (C=O) groups is 1. The summed E-state index contributed by atoms with van der Waals surface area (Å²) >= 11 is 12.3. The Bertz CT molecular complexity index is 758. The molecule has 0 saturated carbocycles. The van der Waals surface area contributed by atoms with E-state index in [0.717, 1.165) is 16.1 Å². The fraction of sp³-hybridized carbons (Fsp3) is 0.350. The molecule has 0 aromatic heterocycles. The van der Waals surface area contributed by atoms with Crippen LogP contribution in [0.4, 0.5) is 0 Å². The number of hydrogen-bond donors (Lipinski definition) is 2. The first kappa shape index (κ1) is 20.6. The summed E-state index contributed by atoms with van der Waals surface area (Å²) in [5.41, 5.74) is 1.61. The van der Waals surface area contributed by atoms with E-state index in [0.29, 0.717) is 23.9 Å². The lowest BCUT2D eigenvalue weighted by Gasteiger charge is -2.21. The van der Waals surface area contributed by atoms with Crippen molar-refractivity contribution in [2.75, 3.05) is 6.61 Å². The van der Waals surface area contributed by atoms with Gasteiger partial charge in [-0.15, -0.1) is 0 Å². The number of halogens is 2. The molecule has 2 rings (SSSR count). The molecule has 0 radical (unpaired) electrons. The van der Waals surface area contributed by atoms with Crippen molar-refractivity contribution in [3.8, 4) is 5.75 Å². The first-order valence-corrected chi connectivity index (χ1v) is 9.16. The third-order valence-corrected chi connectivity index (χ3v) is 4.09. The highest BCUT2D eigenvalue weighted by Crippen LogP contribution is 2.23. The van der Waals surface area contributed by atoms with Crippen molar-refractivity contribution in [3.05, 3.63) is 63.6 Å². The molecule has 0 unspecified atom stereocenters. The van der Waals surface area contributed by atoms with Gasteiger partial charge in [-0.2, -0.15) is 0 Å². The van der Waals surface area contributed by atoms with E-state index in [9.17, 15) is 4.79 Å². The van der Waals surface area contributed by atoms with E-state index >= 15 is 0 Å². The monoisotopic (exact) mass is 394 g/mol. The molecule has 0 spiro atoms. The van der Waals surface area contributed by atoms with E-state index in [2.05, 4.69) is 10.6 Å². The molecule has 0 aliphatic rings. The molecule has 0 aliphatic carbocycles. The quantitative estimate of drug-likeness (QED) is 0.722. The van der Waals surface area contributed by atoms with E-state index in [4.69, 9.17) is 27.9 Å². The third kappa shape index (κ3) is 6.87. The van der Waals surface area contributed by atoms with Crippen molar-refractivity contribution in [1.29, 1.82) is 0 Å². The van der Waals surface area contributed by atoms with Crippen LogP contribution in [0.25, 0.3) is 0 Å². The number of ether oxygens (including phenoxy) is 1. The van der Waals surface area contributed by atoms with Gasteiger partial charge in [0.1, 0.15) is 5.75 Å². The zero-order chi connectivity index (χ0) is 19.2. The Labute approximate surface area is 164 Å². The van der Waals surface area contributed by atoms with Crippen molar-refractivity contribution in [2.24, 2.45) is 0 Å². The number of benzene rings is 2.